The fourth-order valence-electron chi connectivity index (χ4n) is 6.20. The minimum atomic E-state index is -0.824. The van der Waals surface area contributed by atoms with Gasteiger partial charge in [0.2, 0.25) is 17.2 Å². The molecule has 0 bridgehead atoms. The molecule has 4 N–H and O–H groups in total. The summed E-state index contributed by atoms with van der Waals surface area (Å²) < 4.78 is 5.94. The van der Waals surface area contributed by atoms with Crippen molar-refractivity contribution in [3.63, 3.8) is 0 Å². The van der Waals surface area contributed by atoms with E-state index in [2.05, 4.69) is 78.9 Å². The van der Waals surface area contributed by atoms with E-state index in [1.165, 1.54) is 10.8 Å². The van der Waals surface area contributed by atoms with Crippen molar-refractivity contribution >= 4 is 54.3 Å². The van der Waals surface area contributed by atoms with Crippen molar-refractivity contribution in [1.29, 1.82) is 0 Å². The first-order valence-electron chi connectivity index (χ1n) is 13.3. The van der Waals surface area contributed by atoms with E-state index in [9.17, 15) is 20.4 Å². The maximum Gasteiger partial charge on any atom is 0.208 e. The van der Waals surface area contributed by atoms with Gasteiger partial charge in [0.15, 0.2) is 11.3 Å². The first kappa shape index (κ1) is 23.2. The van der Waals surface area contributed by atoms with Crippen LogP contribution >= 0.6 is 0 Å². The average Bonchev–Trinajstić information content (AvgIpc) is 3.40. The summed E-state index contributed by atoms with van der Waals surface area (Å²) in [6, 6.07) is 37.3. The van der Waals surface area contributed by atoms with Crippen LogP contribution in [0.3, 0.4) is 0 Å². The highest BCUT2D eigenvalue weighted by Gasteiger charge is 2.24. The third-order valence-corrected chi connectivity index (χ3v) is 8.07. The van der Waals surface area contributed by atoms with Crippen LogP contribution in [0.4, 0.5) is 0 Å². The molecule has 0 saturated carbocycles. The van der Waals surface area contributed by atoms with Gasteiger partial charge in [-0.15, -0.1) is 0 Å². The lowest BCUT2D eigenvalue weighted by Crippen LogP contribution is -1.91. The Morgan fingerprint density at radius 1 is 0.415 bits per heavy atom. The average molecular weight is 535 g/mol. The summed E-state index contributed by atoms with van der Waals surface area (Å²) in [5.41, 5.74) is 4.53. The van der Waals surface area contributed by atoms with E-state index in [4.69, 9.17) is 4.42 Å². The smallest absolute Gasteiger partial charge is 0.208 e. The Kier molecular flexibility index (Phi) is 4.76. The molecule has 8 aromatic rings. The molecule has 0 fully saturated rings. The second-order valence-corrected chi connectivity index (χ2v) is 10.3. The van der Waals surface area contributed by atoms with Crippen LogP contribution in [0.25, 0.3) is 76.5 Å². The number of benzene rings is 7. The summed E-state index contributed by atoms with van der Waals surface area (Å²) in [4.78, 5) is 0. The lowest BCUT2D eigenvalue weighted by atomic mass is 9.85. The van der Waals surface area contributed by atoms with E-state index in [-0.39, 0.29) is 11.0 Å². The molecule has 0 spiro atoms. The second-order valence-electron chi connectivity index (χ2n) is 10.3. The minimum Gasteiger partial charge on any atom is -0.504 e. The number of hydrogen-bond donors (Lipinski definition) is 4. The molecule has 41 heavy (non-hydrogen) atoms. The van der Waals surface area contributed by atoms with Crippen LogP contribution in [-0.2, 0) is 0 Å². The summed E-state index contributed by atoms with van der Waals surface area (Å²) in [6.45, 7) is 0. The van der Waals surface area contributed by atoms with Crippen molar-refractivity contribution in [1.82, 2.24) is 0 Å². The van der Waals surface area contributed by atoms with Gasteiger partial charge in [0.05, 0.1) is 5.39 Å². The summed E-state index contributed by atoms with van der Waals surface area (Å²) in [6.07, 6.45) is 0. The Balaban J connectivity index is 1.45. The molecule has 0 aliphatic rings. The number of rotatable bonds is 2. The largest absolute Gasteiger partial charge is 0.504 e. The Morgan fingerprint density at radius 2 is 0.927 bits per heavy atom. The van der Waals surface area contributed by atoms with Gasteiger partial charge < -0.3 is 24.8 Å². The van der Waals surface area contributed by atoms with Gasteiger partial charge in [-0.2, -0.15) is 0 Å². The third kappa shape index (κ3) is 3.23. The molecule has 7 aromatic carbocycles. The predicted molar refractivity (Wildman–Crippen MR) is 164 cm³/mol. The number of furan rings is 1. The van der Waals surface area contributed by atoms with Crippen LogP contribution in [0.5, 0.6) is 23.0 Å². The zero-order valence-electron chi connectivity index (χ0n) is 21.6. The topological polar surface area (TPSA) is 94.1 Å². The number of fused-ring (bicyclic) bond motifs is 6. The van der Waals surface area contributed by atoms with E-state index >= 15 is 0 Å². The van der Waals surface area contributed by atoms with Crippen molar-refractivity contribution in [3.8, 4) is 45.3 Å². The summed E-state index contributed by atoms with van der Waals surface area (Å²) in [5, 5.41) is 48.5. The molecule has 0 saturated heterocycles. The minimum absolute atomic E-state index is 0.0914. The zero-order valence-corrected chi connectivity index (χ0v) is 21.6. The standard InChI is InChI=1S/C36H22O5/c37-32-31-27-16-15-22(18-28(27)41-36(31)35(40)34(39)33(32)38)30-25-11-5-3-9-23(25)29(24-10-4-6-12-26(24)30)21-14-13-19-7-1-2-8-20(19)17-21/h1-18,37-40H. The van der Waals surface area contributed by atoms with Crippen LogP contribution in [0.15, 0.2) is 114 Å². The number of hydrogen-bond acceptors (Lipinski definition) is 5. The molecule has 5 nitrogen and oxygen atoms in total. The first-order valence-corrected chi connectivity index (χ1v) is 13.3. The Labute approximate surface area is 233 Å². The highest BCUT2D eigenvalue weighted by atomic mass is 16.4. The maximum absolute atomic E-state index is 10.5. The molecule has 0 aliphatic heterocycles. The summed E-state index contributed by atoms with van der Waals surface area (Å²) >= 11 is 0. The monoisotopic (exact) mass is 534 g/mol. The van der Waals surface area contributed by atoms with Gasteiger partial charge in [-0.3, -0.25) is 0 Å². The molecular weight excluding hydrogens is 512 g/mol. The van der Waals surface area contributed by atoms with Gasteiger partial charge in [-0.05, 0) is 72.8 Å². The highest BCUT2D eigenvalue weighted by Crippen LogP contribution is 2.52. The SMILES string of the molecule is Oc1c(O)c(O)c2c(oc3cc(-c4c5ccccc5c(-c5ccc6ccccc6c5)c5ccccc45)ccc32)c1O. The fraction of sp³-hybridized carbons (Fsp3) is 0. The molecule has 196 valence electrons. The van der Waals surface area contributed by atoms with E-state index in [1.807, 2.05) is 24.3 Å². The predicted octanol–water partition coefficient (Wildman–Crippen LogP) is 9.20. The lowest BCUT2D eigenvalue weighted by molar-refractivity contribution is 0.348. The molecule has 0 amide bonds. The van der Waals surface area contributed by atoms with Crippen LogP contribution < -0.4 is 0 Å². The van der Waals surface area contributed by atoms with Crippen molar-refractivity contribution in [2.24, 2.45) is 0 Å². The van der Waals surface area contributed by atoms with Crippen LogP contribution in [0.2, 0.25) is 0 Å². The molecule has 1 aromatic heterocycles. The Hall–Kier alpha value is -5.68. The molecule has 0 atom stereocenters. The van der Waals surface area contributed by atoms with Gasteiger partial charge in [0, 0.05) is 5.39 Å². The van der Waals surface area contributed by atoms with Crippen LogP contribution in [0.1, 0.15) is 0 Å². The lowest BCUT2D eigenvalue weighted by Gasteiger charge is -2.18. The second kappa shape index (κ2) is 8.41. The van der Waals surface area contributed by atoms with Crippen molar-refractivity contribution in [2.75, 3.05) is 0 Å². The number of phenolic OH excluding ortho intramolecular Hbond substituents is 4. The molecule has 8 rings (SSSR count). The molecular formula is C36H22O5. The third-order valence-electron chi connectivity index (χ3n) is 8.07. The molecule has 0 radical (unpaired) electrons. The van der Waals surface area contributed by atoms with Gasteiger partial charge in [-0.25, -0.2) is 0 Å². The van der Waals surface area contributed by atoms with Gasteiger partial charge >= 0.3 is 0 Å². The molecule has 5 heteroatoms. The van der Waals surface area contributed by atoms with Crippen molar-refractivity contribution < 1.29 is 24.8 Å². The van der Waals surface area contributed by atoms with Gasteiger partial charge in [0.25, 0.3) is 0 Å². The van der Waals surface area contributed by atoms with Crippen molar-refractivity contribution in [3.05, 3.63) is 109 Å². The van der Waals surface area contributed by atoms with Crippen molar-refractivity contribution in [2.45, 2.75) is 0 Å². The number of phenols is 4. The Bertz CT molecular complexity index is 2310. The summed E-state index contributed by atoms with van der Waals surface area (Å²) in [5.74, 6) is -2.78. The normalized spacial score (nSPS) is 11.8. The van der Waals surface area contributed by atoms with Crippen LogP contribution in [-0.4, -0.2) is 20.4 Å². The molecule has 0 aliphatic carbocycles. The zero-order chi connectivity index (χ0) is 27.8. The van der Waals surface area contributed by atoms with E-state index in [0.717, 1.165) is 43.8 Å². The van der Waals surface area contributed by atoms with E-state index < -0.39 is 23.0 Å². The van der Waals surface area contributed by atoms with E-state index in [1.54, 1.807) is 6.07 Å². The number of aromatic hydroxyl groups is 4. The van der Waals surface area contributed by atoms with Gasteiger partial charge in [0.1, 0.15) is 5.58 Å². The fourth-order valence-corrected chi connectivity index (χ4v) is 6.20. The first-order chi connectivity index (χ1) is 20.0. The molecule has 0 unspecified atom stereocenters. The Morgan fingerprint density at radius 3 is 1.56 bits per heavy atom. The highest BCUT2D eigenvalue weighted by molar-refractivity contribution is 6.22. The quantitative estimate of drug-likeness (QED) is 0.101. The van der Waals surface area contributed by atoms with Gasteiger partial charge in [-0.1, -0.05) is 91.0 Å². The molecule has 1 heterocycles. The van der Waals surface area contributed by atoms with E-state index in [0.29, 0.717) is 11.0 Å². The maximum atomic E-state index is 10.5. The summed E-state index contributed by atoms with van der Waals surface area (Å²) in [7, 11) is 0. The van der Waals surface area contributed by atoms with Crippen LogP contribution in [0, 0.1) is 0 Å².